The monoisotopic (exact) mass is 256 g/mol. The van der Waals surface area contributed by atoms with Crippen molar-refractivity contribution < 1.29 is 13.2 Å². The number of carbonyl (C=O) groups is 1. The third-order valence-electron chi connectivity index (χ3n) is 2.20. The lowest BCUT2D eigenvalue weighted by atomic mass is 10.2. The van der Waals surface area contributed by atoms with Crippen LogP contribution < -0.4 is 10.5 Å². The summed E-state index contributed by atoms with van der Waals surface area (Å²) in [6.45, 7) is 0.310. The van der Waals surface area contributed by atoms with Crippen molar-refractivity contribution in [1.29, 1.82) is 0 Å². The van der Waals surface area contributed by atoms with Crippen LogP contribution in [0.3, 0.4) is 0 Å². The number of rotatable bonds is 7. The van der Waals surface area contributed by atoms with E-state index in [9.17, 15) is 13.2 Å². The SMILES string of the molecule is NC(=O)CCCCNS(=O)(=O)c1ccccc1. The fourth-order valence-corrected chi connectivity index (χ4v) is 2.41. The highest BCUT2D eigenvalue weighted by Gasteiger charge is 2.11. The molecular formula is C11H16N2O3S. The van der Waals surface area contributed by atoms with Crippen LogP contribution in [0.15, 0.2) is 35.2 Å². The number of nitrogens with one attached hydrogen (secondary N) is 1. The van der Waals surface area contributed by atoms with Crippen molar-refractivity contribution in [3.63, 3.8) is 0 Å². The fraction of sp³-hybridized carbons (Fsp3) is 0.364. The predicted octanol–water partition coefficient (Wildman–Crippen LogP) is 0.620. The normalized spacial score (nSPS) is 11.3. The number of benzene rings is 1. The highest BCUT2D eigenvalue weighted by molar-refractivity contribution is 7.89. The summed E-state index contributed by atoms with van der Waals surface area (Å²) in [6.07, 6.45) is 1.47. The zero-order chi connectivity index (χ0) is 12.7. The molecule has 0 aliphatic rings. The molecule has 1 rings (SSSR count). The Morgan fingerprint density at radius 2 is 1.82 bits per heavy atom. The number of nitrogens with two attached hydrogens (primary N) is 1. The maximum atomic E-state index is 11.7. The number of unbranched alkanes of at least 4 members (excludes halogenated alkanes) is 1. The lowest BCUT2D eigenvalue weighted by Crippen LogP contribution is -2.25. The molecule has 0 aromatic heterocycles. The zero-order valence-corrected chi connectivity index (χ0v) is 10.2. The molecule has 0 aliphatic heterocycles. The second-order valence-corrected chi connectivity index (χ2v) is 5.40. The Hall–Kier alpha value is -1.40. The molecule has 0 atom stereocenters. The summed E-state index contributed by atoms with van der Waals surface area (Å²) in [5.41, 5.74) is 4.97. The predicted molar refractivity (Wildman–Crippen MR) is 64.7 cm³/mol. The van der Waals surface area contributed by atoms with Crippen LogP contribution in [0.25, 0.3) is 0 Å². The van der Waals surface area contributed by atoms with E-state index >= 15 is 0 Å². The Morgan fingerprint density at radius 1 is 1.18 bits per heavy atom. The van der Waals surface area contributed by atoms with Gasteiger partial charge in [0.2, 0.25) is 15.9 Å². The Labute approximate surface area is 101 Å². The van der Waals surface area contributed by atoms with Gasteiger partial charge >= 0.3 is 0 Å². The first kappa shape index (κ1) is 13.7. The topological polar surface area (TPSA) is 89.3 Å². The lowest BCUT2D eigenvalue weighted by molar-refractivity contribution is -0.118. The van der Waals surface area contributed by atoms with Gasteiger partial charge in [-0.15, -0.1) is 0 Å². The van der Waals surface area contributed by atoms with E-state index in [1.807, 2.05) is 0 Å². The molecule has 3 N–H and O–H groups in total. The molecule has 94 valence electrons. The van der Waals surface area contributed by atoms with Gasteiger partial charge in [-0.05, 0) is 25.0 Å². The Kier molecular flexibility index (Phi) is 5.11. The van der Waals surface area contributed by atoms with E-state index in [0.29, 0.717) is 19.4 Å². The molecule has 6 heteroatoms. The first-order chi connectivity index (χ1) is 8.02. The molecule has 0 aliphatic carbocycles. The van der Waals surface area contributed by atoms with Crippen LogP contribution in [0.4, 0.5) is 0 Å². The van der Waals surface area contributed by atoms with Gasteiger partial charge in [0.15, 0.2) is 0 Å². The van der Waals surface area contributed by atoms with E-state index in [1.165, 1.54) is 12.1 Å². The molecule has 1 amide bonds. The number of carbonyl (C=O) groups excluding carboxylic acids is 1. The number of primary amides is 1. The van der Waals surface area contributed by atoms with Crippen LogP contribution in [0.2, 0.25) is 0 Å². The summed E-state index contributed by atoms with van der Waals surface area (Å²) in [4.78, 5) is 10.7. The largest absolute Gasteiger partial charge is 0.370 e. The molecule has 5 nitrogen and oxygen atoms in total. The van der Waals surface area contributed by atoms with Crippen LogP contribution in [-0.2, 0) is 14.8 Å². The second-order valence-electron chi connectivity index (χ2n) is 3.63. The number of hydrogen-bond acceptors (Lipinski definition) is 3. The van der Waals surface area contributed by atoms with Gasteiger partial charge in [-0.3, -0.25) is 4.79 Å². The van der Waals surface area contributed by atoms with E-state index in [4.69, 9.17) is 5.73 Å². The van der Waals surface area contributed by atoms with Crippen molar-refractivity contribution in [2.24, 2.45) is 5.73 Å². The summed E-state index contributed by atoms with van der Waals surface area (Å²) in [5.74, 6) is -0.365. The molecular weight excluding hydrogens is 240 g/mol. The van der Waals surface area contributed by atoms with Crippen molar-refractivity contribution >= 4 is 15.9 Å². The van der Waals surface area contributed by atoms with E-state index < -0.39 is 10.0 Å². The van der Waals surface area contributed by atoms with Crippen molar-refractivity contribution in [2.75, 3.05) is 6.54 Å². The van der Waals surface area contributed by atoms with Gasteiger partial charge in [0.05, 0.1) is 4.90 Å². The maximum Gasteiger partial charge on any atom is 0.240 e. The molecule has 0 saturated heterocycles. The van der Waals surface area contributed by atoms with Gasteiger partial charge in [-0.25, -0.2) is 13.1 Å². The molecule has 0 spiro atoms. The summed E-state index contributed by atoms with van der Waals surface area (Å²) in [7, 11) is -3.43. The lowest BCUT2D eigenvalue weighted by Gasteiger charge is -2.05. The summed E-state index contributed by atoms with van der Waals surface area (Å²) < 4.78 is 25.9. The fourth-order valence-electron chi connectivity index (χ4n) is 1.31. The maximum absolute atomic E-state index is 11.7. The first-order valence-electron chi connectivity index (χ1n) is 5.35. The van der Waals surface area contributed by atoms with Crippen LogP contribution in [0.1, 0.15) is 19.3 Å². The third-order valence-corrected chi connectivity index (χ3v) is 3.67. The zero-order valence-electron chi connectivity index (χ0n) is 9.43. The average molecular weight is 256 g/mol. The van der Waals surface area contributed by atoms with E-state index in [0.717, 1.165) is 0 Å². The van der Waals surface area contributed by atoms with Crippen LogP contribution in [0, 0.1) is 0 Å². The molecule has 1 aromatic rings. The number of sulfonamides is 1. The summed E-state index contributed by atoms with van der Waals surface area (Å²) >= 11 is 0. The minimum Gasteiger partial charge on any atom is -0.370 e. The molecule has 0 radical (unpaired) electrons. The van der Waals surface area contributed by atoms with Crippen molar-refractivity contribution in [2.45, 2.75) is 24.2 Å². The van der Waals surface area contributed by atoms with E-state index in [1.54, 1.807) is 18.2 Å². The smallest absolute Gasteiger partial charge is 0.240 e. The first-order valence-corrected chi connectivity index (χ1v) is 6.84. The third kappa shape index (κ3) is 4.97. The van der Waals surface area contributed by atoms with Crippen LogP contribution >= 0.6 is 0 Å². The second kappa shape index (κ2) is 6.36. The highest BCUT2D eigenvalue weighted by Crippen LogP contribution is 2.07. The van der Waals surface area contributed by atoms with Gasteiger partial charge in [-0.1, -0.05) is 18.2 Å². The average Bonchev–Trinajstić information content (AvgIpc) is 2.29. The highest BCUT2D eigenvalue weighted by atomic mass is 32.2. The summed E-state index contributed by atoms with van der Waals surface area (Å²) in [6, 6.07) is 8.16. The van der Waals surface area contributed by atoms with Gasteiger partial charge in [0.1, 0.15) is 0 Å². The Balaban J connectivity index is 2.39. The molecule has 0 fully saturated rings. The summed E-state index contributed by atoms with van der Waals surface area (Å²) in [5, 5.41) is 0. The van der Waals surface area contributed by atoms with Crippen molar-refractivity contribution in [3.8, 4) is 0 Å². The standard InChI is InChI=1S/C11H16N2O3S/c12-11(14)8-4-5-9-13-17(15,16)10-6-2-1-3-7-10/h1-3,6-7,13H,4-5,8-9H2,(H2,12,14). The number of amides is 1. The van der Waals surface area contributed by atoms with Crippen molar-refractivity contribution in [3.05, 3.63) is 30.3 Å². The van der Waals surface area contributed by atoms with Crippen molar-refractivity contribution in [1.82, 2.24) is 4.72 Å². The van der Waals surface area contributed by atoms with Gasteiger partial charge in [-0.2, -0.15) is 0 Å². The minimum atomic E-state index is -3.43. The molecule has 1 aromatic carbocycles. The van der Waals surface area contributed by atoms with Gasteiger partial charge < -0.3 is 5.73 Å². The van der Waals surface area contributed by atoms with Gasteiger partial charge in [0.25, 0.3) is 0 Å². The van der Waals surface area contributed by atoms with Crippen LogP contribution in [0.5, 0.6) is 0 Å². The molecule has 0 bridgehead atoms. The minimum absolute atomic E-state index is 0.245. The molecule has 0 saturated carbocycles. The molecule has 17 heavy (non-hydrogen) atoms. The molecule has 0 heterocycles. The number of hydrogen-bond donors (Lipinski definition) is 2. The molecule has 0 unspecified atom stereocenters. The Morgan fingerprint density at radius 3 is 2.41 bits per heavy atom. The quantitative estimate of drug-likeness (QED) is 0.701. The van der Waals surface area contributed by atoms with Crippen LogP contribution in [-0.4, -0.2) is 20.9 Å². The van der Waals surface area contributed by atoms with Gasteiger partial charge in [0, 0.05) is 13.0 Å². The van der Waals surface area contributed by atoms with E-state index in [-0.39, 0.29) is 17.2 Å². The van der Waals surface area contributed by atoms with E-state index in [2.05, 4.69) is 4.72 Å². The Bertz CT molecular complexity index is 457.